The number of unbranched alkanes of at least 4 members (excludes halogenated alkanes) is 1. The van der Waals surface area contributed by atoms with Crippen LogP contribution in [0.1, 0.15) is 39.0 Å². The van der Waals surface area contributed by atoms with Gasteiger partial charge < -0.3 is 10.2 Å². The number of Topliss-reactive ketones (excluding diaryl/α,β-unsaturated/α-hetero) is 1. The molecule has 0 saturated heterocycles. The van der Waals surface area contributed by atoms with Crippen LogP contribution >= 0.6 is 0 Å². The van der Waals surface area contributed by atoms with E-state index in [9.17, 15) is 9.59 Å². The number of urea groups is 1. The molecule has 4 nitrogen and oxygen atoms in total. The predicted octanol–water partition coefficient (Wildman–Crippen LogP) is 3.47. The molecule has 0 aromatic rings. The van der Waals surface area contributed by atoms with Gasteiger partial charge in [-0.2, -0.15) is 0 Å². The highest BCUT2D eigenvalue weighted by Gasteiger charge is 2.06. The maximum atomic E-state index is 11.7. The van der Waals surface area contributed by atoms with Crippen molar-refractivity contribution in [2.24, 2.45) is 0 Å². The lowest BCUT2D eigenvalue weighted by Crippen LogP contribution is -2.35. The molecule has 0 fully saturated rings. The Balaban J connectivity index is 3.71. The average molecular weight is 292 g/mol. The monoisotopic (exact) mass is 292 g/mol. The van der Waals surface area contributed by atoms with Gasteiger partial charge in [-0.15, -0.1) is 0 Å². The van der Waals surface area contributed by atoms with E-state index in [2.05, 4.69) is 18.0 Å². The van der Waals surface area contributed by atoms with E-state index in [0.29, 0.717) is 25.8 Å². The predicted molar refractivity (Wildman–Crippen MR) is 88.3 cm³/mol. The molecule has 4 heteroatoms. The topological polar surface area (TPSA) is 49.4 Å². The molecule has 0 aromatic carbocycles. The van der Waals surface area contributed by atoms with Gasteiger partial charge in [-0.1, -0.05) is 36.5 Å². The van der Waals surface area contributed by atoms with Gasteiger partial charge in [-0.05, 0) is 26.2 Å². The first kappa shape index (κ1) is 19.2. The molecule has 1 N–H and O–H groups in total. The third-order valence-electron chi connectivity index (χ3n) is 3.14. The minimum Gasteiger partial charge on any atom is -0.341 e. The molecule has 0 aromatic heterocycles. The van der Waals surface area contributed by atoms with Crippen LogP contribution in [0.2, 0.25) is 0 Å². The molecule has 0 atom stereocenters. The standard InChI is InChI=1S/C17H28N2O2/c1-5-15(2)11-8-6-7-9-12-16(20)13-10-14-19(4)17(21)18-3/h5,7,9,11H,1,6,8,10,12-14H2,2-4H3,(H,18,21)/b9-7-,15-11-. The molecule has 0 aliphatic heterocycles. The zero-order valence-electron chi connectivity index (χ0n) is 13.5. The van der Waals surface area contributed by atoms with Gasteiger partial charge in [0.1, 0.15) is 5.78 Å². The number of carbonyl (C=O) groups is 2. The van der Waals surface area contributed by atoms with Crippen LogP contribution in [-0.2, 0) is 4.79 Å². The second-order valence-electron chi connectivity index (χ2n) is 5.02. The van der Waals surface area contributed by atoms with Crippen LogP contribution in [-0.4, -0.2) is 37.4 Å². The minimum atomic E-state index is -0.120. The fourth-order valence-electron chi connectivity index (χ4n) is 1.73. The maximum Gasteiger partial charge on any atom is 0.316 e. The van der Waals surface area contributed by atoms with Crippen LogP contribution in [0.3, 0.4) is 0 Å². The van der Waals surface area contributed by atoms with Gasteiger partial charge in [0.25, 0.3) is 0 Å². The van der Waals surface area contributed by atoms with Gasteiger partial charge in [-0.25, -0.2) is 4.79 Å². The van der Waals surface area contributed by atoms with Gasteiger partial charge in [0.05, 0.1) is 0 Å². The minimum absolute atomic E-state index is 0.120. The SMILES string of the molecule is C=C/C(C)=C\CC/C=C\CC(=O)CCCN(C)C(=O)NC. The number of nitrogens with one attached hydrogen (secondary N) is 1. The summed E-state index contributed by atoms with van der Waals surface area (Å²) in [4.78, 5) is 24.5. The fraction of sp³-hybridized carbons (Fsp3) is 0.529. The van der Waals surface area contributed by atoms with Crippen molar-refractivity contribution in [2.45, 2.75) is 39.0 Å². The highest BCUT2D eigenvalue weighted by atomic mass is 16.2. The van der Waals surface area contributed by atoms with Crippen molar-refractivity contribution in [2.75, 3.05) is 20.6 Å². The summed E-state index contributed by atoms with van der Waals surface area (Å²) < 4.78 is 0. The van der Waals surface area contributed by atoms with E-state index >= 15 is 0 Å². The van der Waals surface area contributed by atoms with Crippen molar-refractivity contribution < 1.29 is 9.59 Å². The first-order valence-electron chi connectivity index (χ1n) is 7.40. The Labute approximate surface area is 128 Å². The van der Waals surface area contributed by atoms with E-state index in [-0.39, 0.29) is 11.8 Å². The fourth-order valence-corrected chi connectivity index (χ4v) is 1.73. The van der Waals surface area contributed by atoms with E-state index in [1.54, 1.807) is 19.0 Å². The normalized spacial score (nSPS) is 11.5. The highest BCUT2D eigenvalue weighted by Crippen LogP contribution is 2.02. The number of nitrogens with zero attached hydrogens (tertiary/aromatic N) is 1. The van der Waals surface area contributed by atoms with E-state index in [1.165, 1.54) is 5.57 Å². The zero-order valence-corrected chi connectivity index (χ0v) is 13.5. The van der Waals surface area contributed by atoms with Gasteiger partial charge >= 0.3 is 6.03 Å². The molecule has 0 unspecified atom stereocenters. The van der Waals surface area contributed by atoms with Gasteiger partial charge in [-0.3, -0.25) is 4.79 Å². The van der Waals surface area contributed by atoms with Crippen molar-refractivity contribution >= 4 is 11.8 Å². The summed E-state index contributed by atoms with van der Waals surface area (Å²) in [6.07, 6.45) is 11.6. The lowest BCUT2D eigenvalue weighted by molar-refractivity contribution is -0.118. The molecule has 118 valence electrons. The molecule has 0 spiro atoms. The van der Waals surface area contributed by atoms with Crippen LogP contribution in [0, 0.1) is 0 Å². The molecule has 0 bridgehead atoms. The Morgan fingerprint density at radius 3 is 2.57 bits per heavy atom. The van der Waals surface area contributed by atoms with E-state index in [4.69, 9.17) is 0 Å². The number of ketones is 1. The molecule has 0 aliphatic rings. The number of hydrogen-bond donors (Lipinski definition) is 1. The summed E-state index contributed by atoms with van der Waals surface area (Å²) in [5, 5.41) is 2.55. The van der Waals surface area contributed by atoms with Crippen LogP contribution in [0.5, 0.6) is 0 Å². The van der Waals surface area contributed by atoms with Gasteiger partial charge in [0.15, 0.2) is 0 Å². The summed E-state index contributed by atoms with van der Waals surface area (Å²) >= 11 is 0. The van der Waals surface area contributed by atoms with Crippen molar-refractivity contribution in [3.63, 3.8) is 0 Å². The Bertz CT molecular complexity index is 398. The molecule has 21 heavy (non-hydrogen) atoms. The Hall–Kier alpha value is -1.84. The number of hydrogen-bond acceptors (Lipinski definition) is 2. The summed E-state index contributed by atoms with van der Waals surface area (Å²) in [6.45, 7) is 6.32. The van der Waals surface area contributed by atoms with Crippen LogP contribution in [0.25, 0.3) is 0 Å². The molecule has 2 amide bonds. The lowest BCUT2D eigenvalue weighted by Gasteiger charge is -2.15. The van der Waals surface area contributed by atoms with Crippen molar-refractivity contribution in [3.8, 4) is 0 Å². The Kier molecular flexibility index (Phi) is 10.9. The van der Waals surface area contributed by atoms with Crippen molar-refractivity contribution in [1.29, 1.82) is 0 Å². The Morgan fingerprint density at radius 1 is 1.24 bits per heavy atom. The van der Waals surface area contributed by atoms with Crippen LogP contribution in [0.4, 0.5) is 4.79 Å². The molecule has 0 saturated carbocycles. The van der Waals surface area contributed by atoms with Crippen molar-refractivity contribution in [3.05, 3.63) is 36.5 Å². The molecular weight excluding hydrogens is 264 g/mol. The third kappa shape index (κ3) is 10.6. The molecule has 0 aliphatic carbocycles. The largest absolute Gasteiger partial charge is 0.341 e. The second-order valence-corrected chi connectivity index (χ2v) is 5.02. The summed E-state index contributed by atoms with van der Waals surface area (Å²) in [5.74, 6) is 0.217. The first-order valence-corrected chi connectivity index (χ1v) is 7.40. The molecule has 0 heterocycles. The number of allylic oxidation sites excluding steroid dienone is 5. The number of carbonyl (C=O) groups excluding carboxylic acids is 2. The highest BCUT2D eigenvalue weighted by molar-refractivity contribution is 5.79. The average Bonchev–Trinajstić information content (AvgIpc) is 2.49. The summed E-state index contributed by atoms with van der Waals surface area (Å²) in [7, 11) is 3.32. The summed E-state index contributed by atoms with van der Waals surface area (Å²) in [6, 6.07) is -0.120. The quantitative estimate of drug-likeness (QED) is 0.381. The maximum absolute atomic E-state index is 11.7. The lowest BCUT2D eigenvalue weighted by atomic mass is 10.1. The van der Waals surface area contributed by atoms with Gasteiger partial charge in [0.2, 0.25) is 0 Å². The van der Waals surface area contributed by atoms with E-state index in [0.717, 1.165) is 12.8 Å². The van der Waals surface area contributed by atoms with E-state index in [1.807, 2.05) is 25.2 Å². The molecule has 0 rings (SSSR count). The molecule has 0 radical (unpaired) electrons. The number of rotatable bonds is 10. The molecular formula is C17H28N2O2. The first-order chi connectivity index (χ1) is 10.0. The Morgan fingerprint density at radius 2 is 1.95 bits per heavy atom. The summed E-state index contributed by atoms with van der Waals surface area (Å²) in [5.41, 5.74) is 1.18. The van der Waals surface area contributed by atoms with E-state index < -0.39 is 0 Å². The smallest absolute Gasteiger partial charge is 0.316 e. The van der Waals surface area contributed by atoms with Crippen LogP contribution in [0.15, 0.2) is 36.5 Å². The van der Waals surface area contributed by atoms with Crippen LogP contribution < -0.4 is 5.32 Å². The zero-order chi connectivity index (χ0) is 16.1. The van der Waals surface area contributed by atoms with Gasteiger partial charge in [0, 0.05) is 33.5 Å². The second kappa shape index (κ2) is 11.9. The number of amides is 2. The third-order valence-corrected chi connectivity index (χ3v) is 3.14. The van der Waals surface area contributed by atoms with Crippen molar-refractivity contribution in [1.82, 2.24) is 10.2 Å².